The van der Waals surface area contributed by atoms with E-state index in [1.54, 1.807) is 6.07 Å². The lowest BCUT2D eigenvalue weighted by Crippen LogP contribution is -2.65. The van der Waals surface area contributed by atoms with Gasteiger partial charge in [0.2, 0.25) is 0 Å². The smallest absolute Gasteiger partial charge is 0.177 e. The van der Waals surface area contributed by atoms with Crippen LogP contribution in [0.2, 0.25) is 0 Å². The molecule has 6 rings (SSSR count). The van der Waals surface area contributed by atoms with Crippen LogP contribution >= 0.6 is 0 Å². The number of hydrogen-bond donors (Lipinski definition) is 3. The van der Waals surface area contributed by atoms with Crippen molar-refractivity contribution in [1.82, 2.24) is 15.8 Å². The van der Waals surface area contributed by atoms with E-state index < -0.39 is 9.73 Å². The fraction of sp³-hybridized carbons (Fsp3) is 0.526. The van der Waals surface area contributed by atoms with Crippen LogP contribution in [0.5, 0.6) is 0 Å². The number of fused-ring (bicyclic) bond motifs is 1. The highest BCUT2D eigenvalue weighted by Gasteiger charge is 2.67. The highest BCUT2D eigenvalue weighted by molar-refractivity contribution is 7.91. The minimum atomic E-state index is -2.49. The van der Waals surface area contributed by atoms with Crippen LogP contribution in [-0.4, -0.2) is 37.6 Å². The summed E-state index contributed by atoms with van der Waals surface area (Å²) in [4.78, 5) is 4.50. The lowest BCUT2D eigenvalue weighted by molar-refractivity contribution is -0.186. The number of rotatable bonds is 6. The third-order valence-corrected chi connectivity index (χ3v) is 7.59. The van der Waals surface area contributed by atoms with Gasteiger partial charge in [-0.3, -0.25) is 24.7 Å². The average Bonchev–Trinajstić information content (AvgIpc) is 3.02. The lowest BCUT2D eigenvalue weighted by Gasteiger charge is -2.71. The SMILES string of the molecule is CS(=N)(=O)CC12CC(Cc3nonc3C(=N[C@@H]3Cc4ccc(F)cc43)NO)(C1)C2. The topological polar surface area (TPSA) is 124 Å². The maximum Gasteiger partial charge on any atom is 0.177 e. The number of amidine groups is 1. The van der Waals surface area contributed by atoms with Gasteiger partial charge in [-0.25, -0.2) is 9.02 Å². The Bertz CT molecular complexity index is 1110. The maximum atomic E-state index is 13.5. The van der Waals surface area contributed by atoms with Gasteiger partial charge in [-0.15, -0.1) is 0 Å². The highest BCUT2D eigenvalue weighted by atomic mass is 32.2. The number of nitrogens with zero attached hydrogens (tertiary/aromatic N) is 3. The summed E-state index contributed by atoms with van der Waals surface area (Å²) >= 11 is 0. The molecule has 1 aromatic carbocycles. The monoisotopic (exact) mass is 419 g/mol. The molecule has 1 unspecified atom stereocenters. The molecule has 2 aromatic rings. The van der Waals surface area contributed by atoms with Crippen molar-refractivity contribution in [2.45, 2.75) is 38.1 Å². The van der Waals surface area contributed by atoms with E-state index in [2.05, 4.69) is 20.8 Å². The predicted octanol–water partition coefficient (Wildman–Crippen LogP) is 2.62. The third kappa shape index (κ3) is 3.14. The van der Waals surface area contributed by atoms with Crippen LogP contribution in [0.25, 0.3) is 0 Å². The van der Waals surface area contributed by atoms with Gasteiger partial charge in [0.15, 0.2) is 11.5 Å². The van der Waals surface area contributed by atoms with E-state index in [0.29, 0.717) is 30.0 Å². The Morgan fingerprint density at radius 1 is 1.41 bits per heavy atom. The molecule has 0 spiro atoms. The standard InChI is InChI=1S/C19H22FN5O3S/c1-29(21,27)10-19-7-18(8-19,9-19)6-15-16(25-28-24-15)17(23-26)22-14-4-11-2-3-12(20)5-13(11)14/h2-3,5,14,21,26H,4,6-10H2,1H3,(H,22,23)/t14-,18?,19?,29?/m1/s1. The van der Waals surface area contributed by atoms with Crippen LogP contribution < -0.4 is 5.48 Å². The Kier molecular flexibility index (Phi) is 3.92. The Labute approximate surface area is 167 Å². The molecule has 0 saturated heterocycles. The summed E-state index contributed by atoms with van der Waals surface area (Å²) in [5.74, 6) is 0.297. The van der Waals surface area contributed by atoms with Crippen LogP contribution in [0.15, 0.2) is 27.8 Å². The molecule has 2 atom stereocenters. The van der Waals surface area contributed by atoms with Crippen molar-refractivity contribution in [3.63, 3.8) is 0 Å². The van der Waals surface area contributed by atoms with Gasteiger partial charge < -0.3 is 0 Å². The van der Waals surface area contributed by atoms with E-state index in [0.717, 1.165) is 30.4 Å². The number of benzene rings is 1. The van der Waals surface area contributed by atoms with Crippen molar-refractivity contribution in [2.24, 2.45) is 15.8 Å². The van der Waals surface area contributed by atoms with Crippen LogP contribution in [-0.2, 0) is 22.6 Å². The summed E-state index contributed by atoms with van der Waals surface area (Å²) in [7, 11) is -2.49. The molecule has 3 saturated carbocycles. The third-order valence-electron chi connectivity index (χ3n) is 6.43. The van der Waals surface area contributed by atoms with Gasteiger partial charge in [-0.05, 0) is 64.9 Å². The molecule has 4 aliphatic carbocycles. The molecule has 3 N–H and O–H groups in total. The molecular weight excluding hydrogens is 397 g/mol. The number of hydrogen-bond acceptors (Lipinski definition) is 7. The first kappa shape index (κ1) is 18.7. The summed E-state index contributed by atoms with van der Waals surface area (Å²) in [5.41, 5.74) is 5.02. The Hall–Kier alpha value is -2.33. The van der Waals surface area contributed by atoms with E-state index in [1.165, 1.54) is 18.4 Å². The minimum absolute atomic E-state index is 0.0385. The first-order valence-electron chi connectivity index (χ1n) is 9.49. The van der Waals surface area contributed by atoms with E-state index >= 15 is 0 Å². The lowest BCUT2D eigenvalue weighted by atomic mass is 9.35. The molecule has 3 fully saturated rings. The summed E-state index contributed by atoms with van der Waals surface area (Å²) in [6.07, 6.45) is 5.56. The van der Waals surface area contributed by atoms with Crippen LogP contribution in [0.1, 0.15) is 47.8 Å². The van der Waals surface area contributed by atoms with Crippen LogP contribution in [0, 0.1) is 21.4 Å². The number of aliphatic imine (C=N–C) groups is 1. The van der Waals surface area contributed by atoms with E-state index in [-0.39, 0.29) is 28.5 Å². The zero-order valence-electron chi connectivity index (χ0n) is 15.9. The number of hydroxylamine groups is 1. The summed E-state index contributed by atoms with van der Waals surface area (Å²) in [6, 6.07) is 4.38. The Balaban J connectivity index is 1.32. The van der Waals surface area contributed by atoms with Gasteiger partial charge >= 0.3 is 0 Å². The first-order valence-corrected chi connectivity index (χ1v) is 11.6. The molecule has 10 heteroatoms. The molecule has 0 amide bonds. The molecule has 154 valence electrons. The van der Waals surface area contributed by atoms with Crippen molar-refractivity contribution in [3.05, 3.63) is 46.5 Å². The summed E-state index contributed by atoms with van der Waals surface area (Å²) in [6.45, 7) is 0. The number of halogens is 1. The molecule has 1 heterocycles. The summed E-state index contributed by atoms with van der Waals surface area (Å²) in [5, 5.41) is 17.6. The van der Waals surface area contributed by atoms with Gasteiger partial charge in [-0.1, -0.05) is 11.2 Å². The molecule has 0 aliphatic heterocycles. The zero-order valence-corrected chi connectivity index (χ0v) is 16.8. The van der Waals surface area contributed by atoms with Gasteiger partial charge in [0.1, 0.15) is 11.5 Å². The van der Waals surface area contributed by atoms with Crippen molar-refractivity contribution in [2.75, 3.05) is 12.0 Å². The van der Waals surface area contributed by atoms with Gasteiger partial charge in [0.05, 0.1) is 6.04 Å². The zero-order chi connectivity index (χ0) is 20.4. The predicted molar refractivity (Wildman–Crippen MR) is 103 cm³/mol. The fourth-order valence-corrected chi connectivity index (χ4v) is 7.15. The number of nitrogens with one attached hydrogen (secondary N) is 2. The van der Waals surface area contributed by atoms with E-state index in [9.17, 15) is 13.8 Å². The molecule has 29 heavy (non-hydrogen) atoms. The molecule has 4 aliphatic rings. The molecule has 1 aromatic heterocycles. The van der Waals surface area contributed by atoms with Gasteiger partial charge in [0.25, 0.3) is 0 Å². The Morgan fingerprint density at radius 2 is 2.17 bits per heavy atom. The van der Waals surface area contributed by atoms with Crippen molar-refractivity contribution in [3.8, 4) is 0 Å². The van der Waals surface area contributed by atoms with Crippen molar-refractivity contribution < 1.29 is 18.4 Å². The largest absolute Gasteiger partial charge is 0.290 e. The van der Waals surface area contributed by atoms with E-state index in [1.807, 2.05) is 0 Å². The number of aromatic nitrogens is 2. The van der Waals surface area contributed by atoms with Crippen LogP contribution in [0.3, 0.4) is 0 Å². The molecule has 2 bridgehead atoms. The maximum absolute atomic E-state index is 13.5. The second-order valence-corrected chi connectivity index (χ2v) is 11.4. The average molecular weight is 419 g/mol. The molecule has 0 radical (unpaired) electrons. The minimum Gasteiger partial charge on any atom is -0.290 e. The summed E-state index contributed by atoms with van der Waals surface area (Å²) < 4.78 is 37.9. The van der Waals surface area contributed by atoms with Crippen molar-refractivity contribution in [1.29, 1.82) is 4.78 Å². The van der Waals surface area contributed by atoms with E-state index in [4.69, 9.17) is 9.41 Å². The second-order valence-electron chi connectivity index (χ2n) is 9.07. The second kappa shape index (κ2) is 6.09. The van der Waals surface area contributed by atoms with Crippen molar-refractivity contribution >= 4 is 15.6 Å². The van der Waals surface area contributed by atoms with Gasteiger partial charge in [-0.2, -0.15) is 0 Å². The fourth-order valence-electron chi connectivity index (χ4n) is 5.68. The normalized spacial score (nSPS) is 31.7. The molecular formula is C19H22FN5O3S. The quantitative estimate of drug-likeness (QED) is 0.376. The molecule has 8 nitrogen and oxygen atoms in total. The Morgan fingerprint density at radius 3 is 2.86 bits per heavy atom. The first-order chi connectivity index (χ1) is 13.7. The highest BCUT2D eigenvalue weighted by Crippen LogP contribution is 2.74. The van der Waals surface area contributed by atoms with Crippen LogP contribution in [0.4, 0.5) is 4.39 Å². The van der Waals surface area contributed by atoms with Gasteiger partial charge in [0, 0.05) is 28.2 Å².